The van der Waals surface area contributed by atoms with Crippen LogP contribution in [0.5, 0.6) is 0 Å². The Bertz CT molecular complexity index is 959. The highest BCUT2D eigenvalue weighted by Crippen LogP contribution is 2.24. The number of rotatable bonds is 7. The third kappa shape index (κ3) is 7.53. The highest BCUT2D eigenvalue weighted by molar-refractivity contribution is 7.89. The van der Waals surface area contributed by atoms with Crippen LogP contribution in [-0.4, -0.2) is 56.3 Å². The van der Waals surface area contributed by atoms with Gasteiger partial charge in [0, 0.05) is 30.2 Å². The number of benzene rings is 1. The molecule has 1 atom stereocenters. The largest absolute Gasteiger partial charge is 0.452 e. The van der Waals surface area contributed by atoms with E-state index in [0.717, 1.165) is 0 Å². The Balaban J connectivity index is 1.87. The minimum atomic E-state index is -3.62. The van der Waals surface area contributed by atoms with Crippen LogP contribution in [0, 0.1) is 11.3 Å². The molecule has 10 heteroatoms. The molecule has 0 saturated carbocycles. The number of anilines is 1. The summed E-state index contributed by atoms with van der Waals surface area (Å²) in [6, 6.07) is 5.50. The Morgan fingerprint density at radius 2 is 1.58 bits per heavy atom. The Kier molecular flexibility index (Phi) is 8.64. The second-order valence-corrected chi connectivity index (χ2v) is 11.4. The molecule has 184 valence electrons. The molecule has 0 aromatic heterocycles. The van der Waals surface area contributed by atoms with Gasteiger partial charge in [0.15, 0.2) is 6.10 Å². The number of piperidine rings is 1. The maximum absolute atomic E-state index is 12.5. The highest BCUT2D eigenvalue weighted by Gasteiger charge is 2.34. The lowest BCUT2D eigenvalue weighted by atomic mass is 9.91. The molecule has 0 aliphatic carbocycles. The average Bonchev–Trinajstić information content (AvgIpc) is 2.72. The summed E-state index contributed by atoms with van der Waals surface area (Å²) in [5.74, 6) is -1.27. The van der Waals surface area contributed by atoms with Crippen LogP contribution in [0.2, 0.25) is 0 Å². The zero-order valence-electron chi connectivity index (χ0n) is 20.2. The molecule has 1 aliphatic heterocycles. The van der Waals surface area contributed by atoms with Gasteiger partial charge < -0.3 is 15.0 Å². The standard InChI is InChI=1S/C23H35N3O6S/c1-15(2)25-33(30,31)19-9-7-18(8-10-19)24-20(27)16(3)32-21(28)17-11-13-26(14-12-17)22(29)23(4,5)6/h7-10,15-17,25H,11-14H2,1-6H3,(H,24,27). The predicted molar refractivity (Wildman–Crippen MR) is 125 cm³/mol. The first-order chi connectivity index (χ1) is 15.2. The van der Waals surface area contributed by atoms with E-state index in [9.17, 15) is 22.8 Å². The fraction of sp³-hybridized carbons (Fsp3) is 0.609. The van der Waals surface area contributed by atoms with E-state index in [4.69, 9.17) is 4.74 Å². The Labute approximate surface area is 196 Å². The van der Waals surface area contributed by atoms with Gasteiger partial charge in [-0.25, -0.2) is 13.1 Å². The van der Waals surface area contributed by atoms with E-state index in [2.05, 4.69) is 10.0 Å². The summed E-state index contributed by atoms with van der Waals surface area (Å²) in [5.41, 5.74) is -0.0757. The number of nitrogens with one attached hydrogen (secondary N) is 2. The smallest absolute Gasteiger partial charge is 0.309 e. The fourth-order valence-electron chi connectivity index (χ4n) is 3.46. The Morgan fingerprint density at radius 3 is 2.06 bits per heavy atom. The molecule has 9 nitrogen and oxygen atoms in total. The highest BCUT2D eigenvalue weighted by atomic mass is 32.2. The van der Waals surface area contributed by atoms with Gasteiger partial charge in [-0.15, -0.1) is 0 Å². The van der Waals surface area contributed by atoms with E-state index >= 15 is 0 Å². The molecule has 0 spiro atoms. The number of hydrogen-bond acceptors (Lipinski definition) is 6. The van der Waals surface area contributed by atoms with Crippen molar-refractivity contribution in [2.45, 2.75) is 71.4 Å². The average molecular weight is 482 g/mol. The van der Waals surface area contributed by atoms with Crippen molar-refractivity contribution in [2.24, 2.45) is 11.3 Å². The maximum atomic E-state index is 12.5. The second kappa shape index (κ2) is 10.6. The maximum Gasteiger partial charge on any atom is 0.309 e. The number of esters is 1. The Morgan fingerprint density at radius 1 is 1.03 bits per heavy atom. The van der Waals surface area contributed by atoms with Crippen LogP contribution in [0.15, 0.2) is 29.2 Å². The number of carbonyl (C=O) groups excluding carboxylic acids is 3. The van der Waals surface area contributed by atoms with Gasteiger partial charge in [0.2, 0.25) is 15.9 Å². The van der Waals surface area contributed by atoms with Crippen molar-refractivity contribution < 1.29 is 27.5 Å². The minimum absolute atomic E-state index is 0.0564. The van der Waals surface area contributed by atoms with Crippen LogP contribution < -0.4 is 10.0 Å². The zero-order valence-corrected chi connectivity index (χ0v) is 21.0. The first-order valence-electron chi connectivity index (χ1n) is 11.1. The quantitative estimate of drug-likeness (QED) is 0.577. The number of ether oxygens (including phenoxy) is 1. The number of carbonyl (C=O) groups is 3. The fourth-order valence-corrected chi connectivity index (χ4v) is 4.71. The zero-order chi connectivity index (χ0) is 25.0. The van der Waals surface area contributed by atoms with Gasteiger partial charge >= 0.3 is 5.97 Å². The third-order valence-electron chi connectivity index (χ3n) is 5.24. The van der Waals surface area contributed by atoms with Crippen LogP contribution in [0.4, 0.5) is 5.69 Å². The van der Waals surface area contributed by atoms with Crippen molar-refractivity contribution in [1.29, 1.82) is 0 Å². The third-order valence-corrected chi connectivity index (χ3v) is 6.92. The summed E-state index contributed by atoms with van der Waals surface area (Å²) < 4.78 is 32.2. The lowest BCUT2D eigenvalue weighted by Crippen LogP contribution is -2.45. The number of nitrogens with zero attached hydrogens (tertiary/aromatic N) is 1. The van der Waals surface area contributed by atoms with Crippen molar-refractivity contribution in [1.82, 2.24) is 9.62 Å². The van der Waals surface area contributed by atoms with Crippen LogP contribution in [-0.2, 0) is 29.1 Å². The summed E-state index contributed by atoms with van der Waals surface area (Å²) in [4.78, 5) is 39.2. The molecule has 0 bridgehead atoms. The summed E-state index contributed by atoms with van der Waals surface area (Å²) in [6.07, 6.45) is -0.0252. The second-order valence-electron chi connectivity index (χ2n) is 9.69. The molecule has 1 aromatic carbocycles. The van der Waals surface area contributed by atoms with Gasteiger partial charge in [-0.2, -0.15) is 0 Å². The van der Waals surface area contributed by atoms with E-state index in [1.165, 1.54) is 31.2 Å². The van der Waals surface area contributed by atoms with Crippen LogP contribution >= 0.6 is 0 Å². The van der Waals surface area contributed by atoms with Gasteiger partial charge in [0.05, 0.1) is 10.8 Å². The lowest BCUT2D eigenvalue weighted by molar-refractivity contribution is -0.160. The van der Waals surface area contributed by atoms with Crippen molar-refractivity contribution in [3.63, 3.8) is 0 Å². The van der Waals surface area contributed by atoms with Crippen LogP contribution in [0.3, 0.4) is 0 Å². The molecule has 1 unspecified atom stereocenters. The van der Waals surface area contributed by atoms with Crippen LogP contribution in [0.1, 0.15) is 54.4 Å². The summed E-state index contributed by atoms with van der Waals surface area (Å²) in [7, 11) is -3.62. The van der Waals surface area contributed by atoms with Gasteiger partial charge in [-0.3, -0.25) is 14.4 Å². The first-order valence-corrected chi connectivity index (χ1v) is 12.6. The Hall–Kier alpha value is -2.46. The molecule has 2 N–H and O–H groups in total. The summed E-state index contributed by atoms with van der Waals surface area (Å²) in [5, 5.41) is 2.62. The van der Waals surface area contributed by atoms with Crippen molar-refractivity contribution >= 4 is 33.5 Å². The SMILES string of the molecule is CC(C)NS(=O)(=O)c1ccc(NC(=O)C(C)OC(=O)C2CCN(C(=O)C(C)(C)C)CC2)cc1. The van der Waals surface area contributed by atoms with Crippen LogP contribution in [0.25, 0.3) is 0 Å². The van der Waals surface area contributed by atoms with E-state index in [1.807, 2.05) is 20.8 Å². The van der Waals surface area contributed by atoms with E-state index in [1.54, 1.807) is 18.7 Å². The number of likely N-dealkylation sites (tertiary alicyclic amines) is 1. The first kappa shape index (κ1) is 26.8. The molecule has 1 fully saturated rings. The normalized spacial score (nSPS) is 16.4. The van der Waals surface area contributed by atoms with Gasteiger partial charge in [0.1, 0.15) is 0 Å². The molecule has 1 heterocycles. The number of amides is 2. The molecule has 0 radical (unpaired) electrons. The van der Waals surface area contributed by atoms with E-state index in [-0.39, 0.29) is 22.8 Å². The van der Waals surface area contributed by atoms with Crippen molar-refractivity contribution in [2.75, 3.05) is 18.4 Å². The molecular formula is C23H35N3O6S. The topological polar surface area (TPSA) is 122 Å². The molecule has 1 aromatic rings. The molecule has 1 saturated heterocycles. The van der Waals surface area contributed by atoms with E-state index < -0.39 is 33.4 Å². The molecular weight excluding hydrogens is 446 g/mol. The van der Waals surface area contributed by atoms with Gasteiger partial charge in [-0.1, -0.05) is 20.8 Å². The number of sulfonamides is 1. The predicted octanol–water partition coefficient (Wildman–Crippen LogP) is 2.53. The summed E-state index contributed by atoms with van der Waals surface area (Å²) >= 11 is 0. The van der Waals surface area contributed by atoms with Crippen molar-refractivity contribution in [3.05, 3.63) is 24.3 Å². The molecule has 33 heavy (non-hydrogen) atoms. The number of hydrogen-bond donors (Lipinski definition) is 2. The lowest BCUT2D eigenvalue weighted by Gasteiger charge is -2.35. The minimum Gasteiger partial charge on any atom is -0.452 e. The van der Waals surface area contributed by atoms with Gasteiger partial charge in [-0.05, 0) is 57.9 Å². The van der Waals surface area contributed by atoms with Crippen molar-refractivity contribution in [3.8, 4) is 0 Å². The molecule has 2 amide bonds. The molecule has 1 aliphatic rings. The van der Waals surface area contributed by atoms with E-state index in [0.29, 0.717) is 31.6 Å². The summed E-state index contributed by atoms with van der Waals surface area (Å²) in [6.45, 7) is 11.5. The monoisotopic (exact) mass is 481 g/mol. The molecule has 2 rings (SSSR count). The van der Waals surface area contributed by atoms with Gasteiger partial charge in [0.25, 0.3) is 5.91 Å².